The number of hydrogen-bond acceptors (Lipinski definition) is 2. The first-order chi connectivity index (χ1) is 5.79. The van der Waals surface area contributed by atoms with E-state index < -0.39 is 5.91 Å². The molecular weight excluding hydrogens is 154 g/mol. The van der Waals surface area contributed by atoms with Crippen molar-refractivity contribution < 1.29 is 4.79 Å². The Hall–Kier alpha value is -1.58. The van der Waals surface area contributed by atoms with Gasteiger partial charge < -0.3 is 5.73 Å². The van der Waals surface area contributed by atoms with E-state index in [1.54, 1.807) is 0 Å². The molecule has 0 fully saturated rings. The van der Waals surface area contributed by atoms with Crippen LogP contribution >= 0.6 is 0 Å². The maximum absolute atomic E-state index is 10.8. The number of aryl methyl sites for hydroxylation is 1. The minimum absolute atomic E-state index is 0.348. The number of allylic oxidation sites excluding steroid dienone is 1. The highest BCUT2D eigenvalue weighted by Crippen LogP contribution is 2.19. The Morgan fingerprint density at radius 1 is 1.67 bits per heavy atom. The Bertz CT molecular complexity index is 351. The maximum Gasteiger partial charge on any atom is 0.269 e. The van der Waals surface area contributed by atoms with Crippen molar-refractivity contribution in [3.8, 4) is 0 Å². The lowest BCUT2D eigenvalue weighted by Gasteiger charge is -2.02. The van der Waals surface area contributed by atoms with Crippen LogP contribution in [0.15, 0.2) is 6.08 Å². The summed E-state index contributed by atoms with van der Waals surface area (Å²) < 4.78 is 0. The molecule has 4 heteroatoms. The molecule has 0 radical (unpaired) electrons. The van der Waals surface area contributed by atoms with Gasteiger partial charge in [-0.15, -0.1) is 0 Å². The summed E-state index contributed by atoms with van der Waals surface area (Å²) in [6.45, 7) is 0. The minimum atomic E-state index is -0.473. The van der Waals surface area contributed by atoms with Crippen molar-refractivity contribution in [2.75, 3.05) is 0 Å². The minimum Gasteiger partial charge on any atom is -0.364 e. The highest BCUT2D eigenvalue weighted by Gasteiger charge is 2.16. The van der Waals surface area contributed by atoms with E-state index in [2.05, 4.69) is 10.2 Å². The summed E-state index contributed by atoms with van der Waals surface area (Å²) in [5.41, 5.74) is 7.34. The van der Waals surface area contributed by atoms with Crippen LogP contribution in [0.5, 0.6) is 0 Å². The highest BCUT2D eigenvalue weighted by atomic mass is 16.1. The standard InChI is InChI=1S/C8H9N3O/c9-8(12)7-5-3-1-2-4-6(5)10-11-7/h1,3H,2,4H2,(H2,9,12)(H,10,11). The Kier molecular flexibility index (Phi) is 1.46. The number of hydrogen-bond donors (Lipinski definition) is 2. The van der Waals surface area contributed by atoms with E-state index in [1.807, 2.05) is 12.2 Å². The third-order valence-electron chi connectivity index (χ3n) is 1.96. The first-order valence-corrected chi connectivity index (χ1v) is 3.82. The van der Waals surface area contributed by atoms with Crippen molar-refractivity contribution in [3.05, 3.63) is 23.0 Å². The second-order valence-corrected chi connectivity index (χ2v) is 2.77. The van der Waals surface area contributed by atoms with Crippen LogP contribution in [0.2, 0.25) is 0 Å². The summed E-state index contributed by atoms with van der Waals surface area (Å²) in [7, 11) is 0. The lowest BCUT2D eigenvalue weighted by atomic mass is 10.0. The van der Waals surface area contributed by atoms with E-state index in [-0.39, 0.29) is 0 Å². The van der Waals surface area contributed by atoms with Crippen molar-refractivity contribution in [2.45, 2.75) is 12.8 Å². The molecular formula is C8H9N3O. The van der Waals surface area contributed by atoms with Crippen molar-refractivity contribution in [2.24, 2.45) is 5.73 Å². The quantitative estimate of drug-likeness (QED) is 0.631. The molecule has 1 aliphatic carbocycles. The molecule has 1 aliphatic rings. The first-order valence-electron chi connectivity index (χ1n) is 3.82. The zero-order chi connectivity index (χ0) is 8.55. The summed E-state index contributed by atoms with van der Waals surface area (Å²) in [5, 5.41) is 6.65. The fourth-order valence-corrected chi connectivity index (χ4v) is 1.37. The summed E-state index contributed by atoms with van der Waals surface area (Å²) >= 11 is 0. The molecule has 1 aromatic heterocycles. The van der Waals surface area contributed by atoms with Crippen LogP contribution < -0.4 is 5.73 Å². The normalized spacial score (nSPS) is 14.3. The number of nitrogens with one attached hydrogen (secondary N) is 1. The van der Waals surface area contributed by atoms with Crippen LogP contribution in [-0.2, 0) is 6.42 Å². The Balaban J connectivity index is 2.54. The number of nitrogens with two attached hydrogens (primary N) is 1. The zero-order valence-electron chi connectivity index (χ0n) is 6.50. The van der Waals surface area contributed by atoms with Gasteiger partial charge in [0.25, 0.3) is 5.91 Å². The Morgan fingerprint density at radius 3 is 3.25 bits per heavy atom. The molecule has 0 unspecified atom stereocenters. The molecule has 0 aliphatic heterocycles. The third-order valence-corrected chi connectivity index (χ3v) is 1.96. The number of primary amides is 1. The largest absolute Gasteiger partial charge is 0.364 e. The average Bonchev–Trinajstić information content (AvgIpc) is 2.47. The molecule has 2 rings (SSSR count). The third kappa shape index (κ3) is 0.922. The smallest absolute Gasteiger partial charge is 0.269 e. The number of fused-ring (bicyclic) bond motifs is 1. The van der Waals surface area contributed by atoms with E-state index in [0.29, 0.717) is 5.69 Å². The van der Waals surface area contributed by atoms with Gasteiger partial charge in [0.2, 0.25) is 0 Å². The molecule has 3 N–H and O–H groups in total. The lowest BCUT2D eigenvalue weighted by Crippen LogP contribution is -2.13. The fraction of sp³-hybridized carbons (Fsp3) is 0.250. The van der Waals surface area contributed by atoms with Crippen LogP contribution in [-0.4, -0.2) is 16.1 Å². The van der Waals surface area contributed by atoms with Crippen molar-refractivity contribution in [1.82, 2.24) is 10.2 Å². The van der Waals surface area contributed by atoms with E-state index >= 15 is 0 Å². The Labute approximate surface area is 69.5 Å². The van der Waals surface area contributed by atoms with Gasteiger partial charge in [-0.25, -0.2) is 0 Å². The van der Waals surface area contributed by atoms with Crippen LogP contribution in [0.1, 0.15) is 28.2 Å². The average molecular weight is 163 g/mol. The van der Waals surface area contributed by atoms with Gasteiger partial charge in [0, 0.05) is 11.3 Å². The number of H-pyrrole nitrogens is 1. The van der Waals surface area contributed by atoms with Gasteiger partial charge in [-0.1, -0.05) is 12.2 Å². The number of nitrogens with zero attached hydrogens (tertiary/aromatic N) is 1. The van der Waals surface area contributed by atoms with Crippen molar-refractivity contribution >= 4 is 12.0 Å². The summed E-state index contributed by atoms with van der Waals surface area (Å²) in [6, 6.07) is 0. The number of aromatic amines is 1. The van der Waals surface area contributed by atoms with E-state index in [4.69, 9.17) is 5.73 Å². The molecule has 12 heavy (non-hydrogen) atoms. The molecule has 1 amide bonds. The zero-order valence-corrected chi connectivity index (χ0v) is 6.50. The molecule has 0 saturated heterocycles. The molecule has 0 bridgehead atoms. The molecule has 0 atom stereocenters. The topological polar surface area (TPSA) is 71.8 Å². The van der Waals surface area contributed by atoms with Gasteiger partial charge >= 0.3 is 0 Å². The van der Waals surface area contributed by atoms with Gasteiger partial charge in [0.15, 0.2) is 5.69 Å². The summed E-state index contributed by atoms with van der Waals surface area (Å²) in [6.07, 6.45) is 5.81. The molecule has 1 aromatic rings. The van der Waals surface area contributed by atoms with Crippen molar-refractivity contribution in [3.63, 3.8) is 0 Å². The van der Waals surface area contributed by atoms with E-state index in [0.717, 1.165) is 24.1 Å². The molecule has 4 nitrogen and oxygen atoms in total. The number of aromatic nitrogens is 2. The highest BCUT2D eigenvalue weighted by molar-refractivity contribution is 5.95. The van der Waals surface area contributed by atoms with Crippen LogP contribution in [0.25, 0.3) is 6.08 Å². The van der Waals surface area contributed by atoms with Gasteiger partial charge in [0.05, 0.1) is 0 Å². The lowest BCUT2D eigenvalue weighted by molar-refractivity contribution is 0.0995. The van der Waals surface area contributed by atoms with Crippen LogP contribution in [0.4, 0.5) is 0 Å². The number of amides is 1. The maximum atomic E-state index is 10.8. The van der Waals surface area contributed by atoms with Gasteiger partial charge in [-0.3, -0.25) is 9.89 Å². The number of rotatable bonds is 1. The molecule has 0 aromatic carbocycles. The van der Waals surface area contributed by atoms with Crippen LogP contribution in [0.3, 0.4) is 0 Å². The SMILES string of the molecule is NC(=O)c1n[nH]c2c1C=CCC2. The van der Waals surface area contributed by atoms with Crippen LogP contribution in [0, 0.1) is 0 Å². The second-order valence-electron chi connectivity index (χ2n) is 2.77. The summed E-state index contributed by atoms with van der Waals surface area (Å²) in [5.74, 6) is -0.473. The van der Waals surface area contributed by atoms with Gasteiger partial charge in [-0.2, -0.15) is 5.10 Å². The predicted molar refractivity (Wildman–Crippen MR) is 44.5 cm³/mol. The molecule has 62 valence electrons. The van der Waals surface area contributed by atoms with E-state index in [1.165, 1.54) is 0 Å². The van der Waals surface area contributed by atoms with Crippen molar-refractivity contribution in [1.29, 1.82) is 0 Å². The Morgan fingerprint density at radius 2 is 2.50 bits per heavy atom. The first kappa shape index (κ1) is 7.09. The number of carbonyl (C=O) groups is 1. The molecule has 0 saturated carbocycles. The van der Waals surface area contributed by atoms with E-state index in [9.17, 15) is 4.79 Å². The fourth-order valence-electron chi connectivity index (χ4n) is 1.37. The van der Waals surface area contributed by atoms with Gasteiger partial charge in [-0.05, 0) is 12.8 Å². The van der Waals surface area contributed by atoms with Gasteiger partial charge in [0.1, 0.15) is 0 Å². The second kappa shape index (κ2) is 2.48. The monoisotopic (exact) mass is 163 g/mol. The number of carbonyl (C=O) groups excluding carboxylic acids is 1. The molecule has 0 spiro atoms. The summed E-state index contributed by atoms with van der Waals surface area (Å²) in [4.78, 5) is 10.8. The predicted octanol–water partition coefficient (Wildman–Crippen LogP) is 0.468. The molecule has 1 heterocycles.